The molecule has 10 nitrogen and oxygen atoms in total. The Hall–Kier alpha value is -4.63. The van der Waals surface area contributed by atoms with Gasteiger partial charge >= 0.3 is 12.3 Å². The summed E-state index contributed by atoms with van der Waals surface area (Å²) in [4.78, 5) is 40.9. The number of anilines is 1. The number of thioether (sulfide) groups is 2. The summed E-state index contributed by atoms with van der Waals surface area (Å²) in [5.74, 6) is -0.112. The van der Waals surface area contributed by atoms with Crippen LogP contribution in [0, 0.1) is 6.92 Å². The number of carboxylic acids is 1. The maximum Gasteiger partial charge on any atom is 0.573 e. The molecular formula is C35H35F3N6O4S2. The van der Waals surface area contributed by atoms with E-state index in [4.69, 9.17) is 4.99 Å². The number of hydrogen-bond acceptors (Lipinski definition) is 8. The minimum Gasteiger partial charge on any atom is -0.480 e. The third-order valence-corrected chi connectivity index (χ3v) is 9.45. The van der Waals surface area contributed by atoms with Gasteiger partial charge in [-0.25, -0.2) is 19.5 Å². The number of amides is 1. The number of hydrogen-bond donors (Lipinski definition) is 1. The Bertz CT molecular complexity index is 1890. The Balaban J connectivity index is 1.35. The number of aliphatic carboxylic acids is 1. The number of aryl methyl sites for hydroxylation is 1. The molecule has 0 aliphatic carbocycles. The third-order valence-electron chi connectivity index (χ3n) is 7.46. The molecule has 50 heavy (non-hydrogen) atoms. The zero-order valence-corrected chi connectivity index (χ0v) is 29.3. The zero-order chi connectivity index (χ0) is 36.0. The van der Waals surface area contributed by atoms with Gasteiger partial charge in [0.05, 0.1) is 17.1 Å². The number of ether oxygens (including phenoxy) is 1. The van der Waals surface area contributed by atoms with Crippen LogP contribution < -0.4 is 9.64 Å². The van der Waals surface area contributed by atoms with Crippen molar-refractivity contribution in [1.82, 2.24) is 14.8 Å². The first kappa shape index (κ1) is 36.6. The largest absolute Gasteiger partial charge is 0.573 e. The minimum atomic E-state index is -4.78. The fourth-order valence-corrected chi connectivity index (χ4v) is 6.71. The standard InChI is InChI=1S/C35H35F3N6O4S2/c1-5-16-49-33(41-34-44(30(45)19-50-34)29-17-22(4)6-15-27(29)21(2)3)40-28(32(46)47)18-23-7-9-24(10-8-23)31-39-20-43(42-31)25-11-13-26(14-12-25)48-35(36,37)38/h6-15,17,20-21,28H,5,16,18-19H2,1-4H3,(H,46,47)/b40-33-,41-34-. The van der Waals surface area contributed by atoms with E-state index in [1.807, 2.05) is 32.0 Å². The van der Waals surface area contributed by atoms with Gasteiger partial charge < -0.3 is 9.84 Å². The first-order valence-electron chi connectivity index (χ1n) is 15.8. The summed E-state index contributed by atoms with van der Waals surface area (Å²) in [5.41, 5.74) is 4.66. The van der Waals surface area contributed by atoms with E-state index in [0.717, 1.165) is 23.2 Å². The molecule has 1 amide bonds. The van der Waals surface area contributed by atoms with Crippen molar-refractivity contribution in [3.8, 4) is 22.8 Å². The molecule has 0 radical (unpaired) electrons. The lowest BCUT2D eigenvalue weighted by molar-refractivity contribution is -0.274. The van der Waals surface area contributed by atoms with Crippen LogP contribution in [0.1, 0.15) is 49.8 Å². The highest BCUT2D eigenvalue weighted by Gasteiger charge is 2.33. The van der Waals surface area contributed by atoms with Gasteiger partial charge in [-0.3, -0.25) is 9.69 Å². The number of nitrogens with zero attached hydrogens (tertiary/aromatic N) is 6. The van der Waals surface area contributed by atoms with Crippen LogP contribution in [0.4, 0.5) is 18.9 Å². The number of aliphatic imine (C=N–C) groups is 2. The lowest BCUT2D eigenvalue weighted by atomic mass is 9.99. The average molecular weight is 725 g/mol. The predicted octanol–water partition coefficient (Wildman–Crippen LogP) is 7.90. The average Bonchev–Trinajstić information content (AvgIpc) is 3.70. The first-order valence-corrected chi connectivity index (χ1v) is 17.7. The number of alkyl halides is 3. The van der Waals surface area contributed by atoms with E-state index in [1.165, 1.54) is 58.8 Å². The minimum absolute atomic E-state index is 0.0933. The van der Waals surface area contributed by atoms with Crippen molar-refractivity contribution >= 4 is 51.4 Å². The molecule has 4 aromatic rings. The van der Waals surface area contributed by atoms with Crippen LogP contribution in [0.3, 0.4) is 0 Å². The fourth-order valence-electron chi connectivity index (χ4n) is 5.05. The van der Waals surface area contributed by atoms with Gasteiger partial charge in [0.2, 0.25) is 5.91 Å². The summed E-state index contributed by atoms with van der Waals surface area (Å²) in [6, 6.07) is 17.2. The normalized spacial score (nSPS) is 15.3. The highest BCUT2D eigenvalue weighted by atomic mass is 32.2. The highest BCUT2D eigenvalue weighted by molar-refractivity contribution is 8.16. The Morgan fingerprint density at radius 1 is 1.10 bits per heavy atom. The zero-order valence-electron chi connectivity index (χ0n) is 27.7. The van der Waals surface area contributed by atoms with Crippen LogP contribution in [0.25, 0.3) is 17.1 Å². The van der Waals surface area contributed by atoms with E-state index in [9.17, 15) is 27.9 Å². The smallest absolute Gasteiger partial charge is 0.480 e. The van der Waals surface area contributed by atoms with E-state index in [1.54, 1.807) is 29.2 Å². The second kappa shape index (κ2) is 15.9. The van der Waals surface area contributed by atoms with E-state index in [0.29, 0.717) is 38.7 Å². The summed E-state index contributed by atoms with van der Waals surface area (Å²) in [5, 5.41) is 15.4. The first-order chi connectivity index (χ1) is 23.8. The van der Waals surface area contributed by atoms with Gasteiger partial charge in [0, 0.05) is 17.7 Å². The Morgan fingerprint density at radius 2 is 1.82 bits per heavy atom. The van der Waals surface area contributed by atoms with E-state index in [-0.39, 0.29) is 29.7 Å². The van der Waals surface area contributed by atoms with Crippen molar-refractivity contribution in [3.05, 3.63) is 89.7 Å². The fraction of sp³-hybridized carbons (Fsp3) is 0.314. The van der Waals surface area contributed by atoms with Crippen LogP contribution in [0.2, 0.25) is 0 Å². The van der Waals surface area contributed by atoms with Crippen molar-refractivity contribution in [2.24, 2.45) is 9.98 Å². The molecule has 1 saturated heterocycles. The monoisotopic (exact) mass is 724 g/mol. The van der Waals surface area contributed by atoms with E-state index >= 15 is 0 Å². The van der Waals surface area contributed by atoms with Crippen molar-refractivity contribution < 1.29 is 32.6 Å². The topological polar surface area (TPSA) is 122 Å². The Morgan fingerprint density at radius 3 is 2.46 bits per heavy atom. The summed E-state index contributed by atoms with van der Waals surface area (Å²) in [6.45, 7) is 8.12. The van der Waals surface area contributed by atoms with Crippen molar-refractivity contribution in [2.75, 3.05) is 16.4 Å². The van der Waals surface area contributed by atoms with Gasteiger partial charge in [-0.2, -0.15) is 4.99 Å². The SMILES string of the molecule is CCCSC(=N\C(Cc1ccc(-c2ncn(-c3ccc(OC(F)(F)F)cc3)n2)cc1)C(=O)O)/N=C1\SCC(=O)N1c1cc(C)ccc1C(C)C. The number of halogens is 3. The van der Waals surface area contributed by atoms with Gasteiger partial charge in [0.15, 0.2) is 22.2 Å². The lowest BCUT2D eigenvalue weighted by Crippen LogP contribution is -2.31. The third kappa shape index (κ3) is 9.33. The molecule has 1 aliphatic rings. The molecular weight excluding hydrogens is 690 g/mol. The number of carbonyl (C=O) groups excluding carboxylic acids is 1. The lowest BCUT2D eigenvalue weighted by Gasteiger charge is -2.22. The number of carbonyl (C=O) groups is 2. The van der Waals surface area contributed by atoms with Crippen LogP contribution in [-0.2, 0) is 16.0 Å². The van der Waals surface area contributed by atoms with Crippen molar-refractivity contribution in [2.45, 2.75) is 58.9 Å². The number of rotatable bonds is 11. The van der Waals surface area contributed by atoms with Crippen LogP contribution >= 0.6 is 23.5 Å². The molecule has 15 heteroatoms. The molecule has 0 saturated carbocycles. The molecule has 1 aliphatic heterocycles. The van der Waals surface area contributed by atoms with Crippen LogP contribution in [0.15, 0.2) is 83.0 Å². The van der Waals surface area contributed by atoms with Crippen LogP contribution in [-0.4, -0.2) is 66.0 Å². The van der Waals surface area contributed by atoms with E-state index < -0.39 is 18.4 Å². The molecule has 0 spiro atoms. The number of amidine groups is 2. The van der Waals surface area contributed by atoms with Crippen molar-refractivity contribution in [3.63, 3.8) is 0 Å². The number of carboxylic acid groups (broad SMARTS) is 1. The predicted molar refractivity (Wildman–Crippen MR) is 191 cm³/mol. The van der Waals surface area contributed by atoms with Gasteiger partial charge in [-0.05, 0) is 66.3 Å². The summed E-state index contributed by atoms with van der Waals surface area (Å²) in [7, 11) is 0. The van der Waals surface area contributed by atoms with Gasteiger partial charge in [0.25, 0.3) is 0 Å². The Kier molecular flexibility index (Phi) is 11.7. The molecule has 5 rings (SSSR count). The number of benzene rings is 3. The van der Waals surface area contributed by atoms with Crippen molar-refractivity contribution in [1.29, 1.82) is 0 Å². The van der Waals surface area contributed by atoms with Gasteiger partial charge in [-0.15, -0.1) is 18.3 Å². The number of aromatic nitrogens is 3. The summed E-state index contributed by atoms with van der Waals surface area (Å²) in [6.07, 6.45) is -2.43. The highest BCUT2D eigenvalue weighted by Crippen LogP contribution is 2.35. The molecule has 1 unspecified atom stereocenters. The quantitative estimate of drug-likeness (QED) is 0.122. The van der Waals surface area contributed by atoms with Gasteiger partial charge in [-0.1, -0.05) is 80.7 Å². The maximum atomic E-state index is 13.1. The molecule has 2 heterocycles. The maximum absolute atomic E-state index is 13.1. The molecule has 1 N–H and O–H groups in total. The molecule has 262 valence electrons. The molecule has 3 aromatic carbocycles. The summed E-state index contributed by atoms with van der Waals surface area (Å²) >= 11 is 2.66. The summed E-state index contributed by atoms with van der Waals surface area (Å²) < 4.78 is 42.8. The van der Waals surface area contributed by atoms with E-state index in [2.05, 4.69) is 33.7 Å². The molecule has 1 fully saturated rings. The van der Waals surface area contributed by atoms with Crippen LogP contribution in [0.5, 0.6) is 5.75 Å². The second-order valence-corrected chi connectivity index (χ2v) is 13.7. The van der Waals surface area contributed by atoms with Gasteiger partial charge in [0.1, 0.15) is 12.1 Å². The Labute approximate surface area is 295 Å². The second-order valence-electron chi connectivity index (χ2n) is 11.7. The molecule has 1 atom stereocenters. The molecule has 0 bridgehead atoms. The molecule has 1 aromatic heterocycles.